The summed E-state index contributed by atoms with van der Waals surface area (Å²) in [4.78, 5) is 0. The normalized spacial score (nSPS) is 12.4. The quantitative estimate of drug-likeness (QED) is 0.154. The zero-order valence-electron chi connectivity index (χ0n) is 27.3. The van der Waals surface area contributed by atoms with Gasteiger partial charge in [0.2, 0.25) is 0 Å². The van der Waals surface area contributed by atoms with Crippen molar-refractivity contribution < 1.29 is 13.3 Å². The van der Waals surface area contributed by atoms with Gasteiger partial charge in [-0.2, -0.15) is 0 Å². The summed E-state index contributed by atoms with van der Waals surface area (Å²) in [5.74, 6) is 3.76. The van der Waals surface area contributed by atoms with E-state index in [4.69, 9.17) is 24.4 Å². The van der Waals surface area contributed by atoms with Gasteiger partial charge in [-0.15, -0.1) is 0 Å². The van der Waals surface area contributed by atoms with Crippen molar-refractivity contribution in [2.24, 2.45) is 0 Å². The maximum atomic E-state index is 7.68. The van der Waals surface area contributed by atoms with E-state index in [-0.39, 0.29) is 35.5 Å². The Bertz CT molecular complexity index is 1070. The number of benzene rings is 3. The van der Waals surface area contributed by atoms with Crippen molar-refractivity contribution in [2.45, 2.75) is 119 Å². The lowest BCUT2D eigenvalue weighted by Crippen LogP contribution is -2.51. The van der Waals surface area contributed by atoms with Crippen LogP contribution in [0.25, 0.3) is 0 Å². The van der Waals surface area contributed by atoms with Crippen LogP contribution in [0.5, 0.6) is 17.2 Å². The fourth-order valence-corrected chi connectivity index (χ4v) is 7.49. The van der Waals surface area contributed by atoms with Crippen LogP contribution in [0, 0.1) is 0 Å². The molecule has 0 aliphatic carbocycles. The molecule has 224 valence electrons. The molecule has 0 atom stereocenters. The van der Waals surface area contributed by atoms with E-state index in [0.717, 1.165) is 50.6 Å². The molecule has 0 N–H and O–H groups in total. The molecule has 5 heteroatoms. The zero-order valence-corrected chi connectivity index (χ0v) is 29.0. The lowest BCUT2D eigenvalue weighted by atomic mass is 9.94. The molecule has 3 nitrogen and oxygen atoms in total. The van der Waals surface area contributed by atoms with Gasteiger partial charge >= 0.3 is 8.11 Å². The van der Waals surface area contributed by atoms with Gasteiger partial charge in [-0.1, -0.05) is 138 Å². The Morgan fingerprint density at radius 1 is 0.390 bits per heavy atom. The lowest BCUT2D eigenvalue weighted by molar-refractivity contribution is 0.282. The molecule has 0 bridgehead atoms. The lowest BCUT2D eigenvalue weighted by Gasteiger charge is -2.32. The fourth-order valence-electron chi connectivity index (χ4n) is 5.23. The Hall–Kier alpha value is -2.43. The largest absolute Gasteiger partial charge is 0.818 e. The van der Waals surface area contributed by atoms with E-state index in [0.29, 0.717) is 0 Å². The van der Waals surface area contributed by atoms with E-state index in [1.165, 1.54) is 0 Å². The highest BCUT2D eigenvalue weighted by atomic mass is 35.6. The Morgan fingerprint density at radius 2 is 0.561 bits per heavy atom. The molecule has 3 rings (SSSR count). The van der Waals surface area contributed by atoms with Crippen molar-refractivity contribution >= 4 is 19.2 Å². The fraction of sp³-hybridized carbons (Fsp3) is 0.500. The first-order valence-electron chi connectivity index (χ1n) is 15.3. The van der Waals surface area contributed by atoms with Gasteiger partial charge in [0.1, 0.15) is 17.2 Å². The molecule has 0 unspecified atom stereocenters. The minimum Gasteiger partial charge on any atom is -0.471 e. The Labute approximate surface area is 255 Å². The van der Waals surface area contributed by atoms with Gasteiger partial charge in [-0.05, 0) is 80.0 Å². The van der Waals surface area contributed by atoms with Gasteiger partial charge in [0.05, 0.1) is 0 Å². The molecule has 0 aromatic heterocycles. The van der Waals surface area contributed by atoms with E-state index in [1.807, 2.05) is 0 Å². The minimum atomic E-state index is -3.96. The molecular formula is C36H51ClO3Si. The third kappa shape index (κ3) is 7.70. The van der Waals surface area contributed by atoms with Crippen molar-refractivity contribution in [2.75, 3.05) is 0 Å². The average molecular weight is 595 g/mol. The highest BCUT2D eigenvalue weighted by molar-refractivity contribution is 7.10. The van der Waals surface area contributed by atoms with E-state index in [1.54, 1.807) is 0 Å². The smallest absolute Gasteiger partial charge is 0.471 e. The third-order valence-electron chi connectivity index (χ3n) is 7.63. The van der Waals surface area contributed by atoms with Crippen molar-refractivity contribution in [3.05, 3.63) is 88.0 Å². The summed E-state index contributed by atoms with van der Waals surface area (Å²) in [7, 11) is -3.96. The summed E-state index contributed by atoms with van der Waals surface area (Å²) in [5.41, 5.74) is 6.60. The molecule has 0 saturated carbocycles. The average Bonchev–Trinajstić information content (AvgIpc) is 2.87. The number of rotatable bonds is 12. The second-order valence-electron chi connectivity index (χ2n) is 13.0. The second-order valence-corrected chi connectivity index (χ2v) is 16.0. The van der Waals surface area contributed by atoms with E-state index >= 15 is 0 Å². The van der Waals surface area contributed by atoms with Crippen LogP contribution in [0.1, 0.15) is 152 Å². The van der Waals surface area contributed by atoms with Crippen molar-refractivity contribution in [1.29, 1.82) is 0 Å². The summed E-state index contributed by atoms with van der Waals surface area (Å²) in [6, 6.07) is 19.1. The van der Waals surface area contributed by atoms with E-state index < -0.39 is 8.11 Å². The van der Waals surface area contributed by atoms with Crippen LogP contribution in [0.4, 0.5) is 0 Å². The topological polar surface area (TPSA) is 27.7 Å². The van der Waals surface area contributed by atoms with Crippen LogP contribution in [-0.2, 0) is 0 Å². The first-order valence-corrected chi connectivity index (χ1v) is 18.0. The molecule has 0 heterocycles. The zero-order chi connectivity index (χ0) is 30.6. The molecule has 41 heavy (non-hydrogen) atoms. The molecule has 0 aliphatic rings. The summed E-state index contributed by atoms with van der Waals surface area (Å²) < 4.78 is 21.0. The Kier molecular flexibility index (Phi) is 11.0. The van der Waals surface area contributed by atoms with Crippen LogP contribution < -0.4 is 13.3 Å². The van der Waals surface area contributed by atoms with Crippen molar-refractivity contribution in [3.8, 4) is 17.2 Å². The van der Waals surface area contributed by atoms with Gasteiger partial charge < -0.3 is 13.3 Å². The molecule has 0 aliphatic heterocycles. The molecular weight excluding hydrogens is 544 g/mol. The summed E-state index contributed by atoms with van der Waals surface area (Å²) in [6.45, 7) is 26.2. The molecule has 0 radical (unpaired) electrons. The monoisotopic (exact) mass is 594 g/mol. The van der Waals surface area contributed by atoms with Gasteiger partial charge in [0, 0.05) is 0 Å². The summed E-state index contributed by atoms with van der Waals surface area (Å²) in [6.07, 6.45) is 0. The Morgan fingerprint density at radius 3 is 0.707 bits per heavy atom. The standard InChI is InChI=1S/C36H51ClO3Si/c1-22(2)28-16-13-17-29(23(3)4)34(28)38-41(37,39-35-30(24(5)6)18-14-19-31(35)25(7)8)40-36-32(26(9)10)20-15-21-33(36)27(11)12/h13-27H,1-12H3. The van der Waals surface area contributed by atoms with E-state index in [9.17, 15) is 0 Å². The van der Waals surface area contributed by atoms with Gasteiger partial charge in [0.25, 0.3) is 0 Å². The molecule has 3 aromatic carbocycles. The highest BCUT2D eigenvalue weighted by Gasteiger charge is 2.51. The van der Waals surface area contributed by atoms with Crippen LogP contribution in [-0.4, -0.2) is 8.11 Å². The van der Waals surface area contributed by atoms with Crippen molar-refractivity contribution in [1.82, 2.24) is 0 Å². The van der Waals surface area contributed by atoms with Gasteiger partial charge in [0.15, 0.2) is 0 Å². The molecule has 0 saturated heterocycles. The number of para-hydroxylation sites is 3. The van der Waals surface area contributed by atoms with Crippen molar-refractivity contribution in [3.63, 3.8) is 0 Å². The van der Waals surface area contributed by atoms with Crippen LogP contribution in [0.2, 0.25) is 0 Å². The molecule has 3 aromatic rings. The Balaban J connectivity index is 2.33. The number of halogens is 1. The molecule has 0 fully saturated rings. The first kappa shape index (κ1) is 33.1. The number of hydrogen-bond donors (Lipinski definition) is 0. The number of hydrogen-bond acceptors (Lipinski definition) is 3. The predicted molar refractivity (Wildman–Crippen MR) is 177 cm³/mol. The van der Waals surface area contributed by atoms with E-state index in [2.05, 4.69) is 138 Å². The minimum absolute atomic E-state index is 0.238. The highest BCUT2D eigenvalue weighted by Crippen LogP contribution is 2.43. The first-order chi connectivity index (χ1) is 19.2. The third-order valence-corrected chi connectivity index (χ3v) is 9.67. The van der Waals surface area contributed by atoms with Crippen LogP contribution >= 0.6 is 11.1 Å². The molecule has 0 spiro atoms. The molecule has 0 amide bonds. The van der Waals surface area contributed by atoms with Gasteiger partial charge in [-0.3, -0.25) is 0 Å². The summed E-state index contributed by atoms with van der Waals surface area (Å²) in [5, 5.41) is 0. The maximum Gasteiger partial charge on any atom is 0.818 e. The second kappa shape index (κ2) is 13.7. The van der Waals surface area contributed by atoms with Crippen LogP contribution in [0.3, 0.4) is 0 Å². The van der Waals surface area contributed by atoms with Gasteiger partial charge in [-0.25, -0.2) is 0 Å². The maximum absolute atomic E-state index is 7.68. The van der Waals surface area contributed by atoms with Crippen LogP contribution in [0.15, 0.2) is 54.6 Å². The summed E-state index contributed by atoms with van der Waals surface area (Å²) >= 11 is 7.68. The predicted octanol–water partition coefficient (Wildman–Crippen LogP) is 11.6. The SMILES string of the molecule is CC(C)c1cccc(C(C)C)c1O[Si](Cl)(Oc1c(C(C)C)cccc1C(C)C)Oc1c(C(C)C)cccc1C(C)C.